The number of nitrogens with zero attached hydrogens (tertiary/aromatic N) is 1. The number of alkyl halides is 3. The Morgan fingerprint density at radius 3 is 1.93 bits per heavy atom. The Kier molecular flexibility index (Phi) is 6.81. The van der Waals surface area contributed by atoms with E-state index in [9.17, 15) is 30.0 Å². The van der Waals surface area contributed by atoms with Gasteiger partial charge in [0.25, 0.3) is 10.0 Å². The van der Waals surface area contributed by atoms with Crippen LogP contribution < -0.4 is 9.46 Å². The van der Waals surface area contributed by atoms with Gasteiger partial charge in [0.2, 0.25) is 10.0 Å². The lowest BCUT2D eigenvalue weighted by molar-refractivity contribution is -0.274. The maximum absolute atomic E-state index is 12.5. The van der Waals surface area contributed by atoms with Crippen molar-refractivity contribution in [2.24, 2.45) is 0 Å². The molecule has 0 saturated heterocycles. The minimum Gasteiger partial charge on any atom is -0.404 e. The van der Waals surface area contributed by atoms with Crippen LogP contribution in [0, 0.1) is 0 Å². The summed E-state index contributed by atoms with van der Waals surface area (Å²) >= 11 is 0. The predicted octanol–water partition coefficient (Wildman–Crippen LogP) is 3.42. The smallest absolute Gasteiger partial charge is 0.404 e. The molecule has 0 fully saturated rings. The van der Waals surface area contributed by atoms with Gasteiger partial charge >= 0.3 is 6.36 Å². The highest BCUT2D eigenvalue weighted by molar-refractivity contribution is 7.92. The topological polar surface area (TPSA) is 92.8 Å². The van der Waals surface area contributed by atoms with E-state index in [0.717, 1.165) is 36.4 Å². The standard InChI is InChI=1S/C17H19F3N2O5S2/c1-3-22(4-2)29(25,26)14-11-9-13(10-12-14)28(23,24)21-15-7-5-6-8-16(15)27-17(18,19)20/h5-12,21H,3-4H2,1-2H3. The van der Waals surface area contributed by atoms with Crippen molar-refractivity contribution >= 4 is 25.7 Å². The molecule has 0 amide bonds. The van der Waals surface area contributed by atoms with Gasteiger partial charge in [0.05, 0.1) is 15.5 Å². The number of sulfonamides is 2. The van der Waals surface area contributed by atoms with Crippen LogP contribution in [0.4, 0.5) is 18.9 Å². The van der Waals surface area contributed by atoms with Crippen LogP contribution in [-0.4, -0.2) is 40.6 Å². The van der Waals surface area contributed by atoms with Gasteiger partial charge in [0.15, 0.2) is 5.75 Å². The van der Waals surface area contributed by atoms with Crippen molar-refractivity contribution in [3.8, 4) is 5.75 Å². The van der Waals surface area contributed by atoms with Crippen LogP contribution in [0.5, 0.6) is 5.75 Å². The number of anilines is 1. The van der Waals surface area contributed by atoms with Crippen LogP contribution in [0.3, 0.4) is 0 Å². The molecule has 2 aromatic carbocycles. The summed E-state index contributed by atoms with van der Waals surface area (Å²) in [5.74, 6) is -0.718. The molecule has 0 saturated carbocycles. The molecule has 0 unspecified atom stereocenters. The van der Waals surface area contributed by atoms with Crippen molar-refractivity contribution in [1.29, 1.82) is 0 Å². The van der Waals surface area contributed by atoms with Gasteiger partial charge in [-0.2, -0.15) is 4.31 Å². The third kappa shape index (κ3) is 5.61. The second kappa shape index (κ2) is 8.59. The number of ether oxygens (including phenoxy) is 1. The summed E-state index contributed by atoms with van der Waals surface area (Å²) in [6, 6.07) is 9.04. The first-order chi connectivity index (χ1) is 13.4. The summed E-state index contributed by atoms with van der Waals surface area (Å²) in [4.78, 5) is -0.418. The van der Waals surface area contributed by atoms with E-state index in [1.807, 2.05) is 4.72 Å². The van der Waals surface area contributed by atoms with Crippen LogP contribution in [-0.2, 0) is 20.0 Å². The van der Waals surface area contributed by atoms with Crippen molar-refractivity contribution in [3.63, 3.8) is 0 Å². The van der Waals surface area contributed by atoms with E-state index in [-0.39, 0.29) is 22.9 Å². The third-order valence-electron chi connectivity index (χ3n) is 3.83. The first-order valence-corrected chi connectivity index (χ1v) is 11.3. The lowest BCUT2D eigenvalue weighted by Gasteiger charge is -2.18. The zero-order valence-electron chi connectivity index (χ0n) is 15.5. The molecular formula is C17H19F3N2O5S2. The zero-order chi connectivity index (χ0) is 21.9. The molecule has 0 spiro atoms. The highest BCUT2D eigenvalue weighted by atomic mass is 32.2. The lowest BCUT2D eigenvalue weighted by Crippen LogP contribution is -2.30. The minimum absolute atomic E-state index is 0.0963. The molecule has 0 aliphatic carbocycles. The summed E-state index contributed by atoms with van der Waals surface area (Å²) < 4.78 is 94.5. The second-order valence-electron chi connectivity index (χ2n) is 5.71. The quantitative estimate of drug-likeness (QED) is 0.663. The molecule has 29 heavy (non-hydrogen) atoms. The Morgan fingerprint density at radius 1 is 0.897 bits per heavy atom. The second-order valence-corrected chi connectivity index (χ2v) is 9.33. The molecule has 0 heterocycles. The van der Waals surface area contributed by atoms with Gasteiger partial charge in [-0.05, 0) is 36.4 Å². The average molecular weight is 452 g/mol. The molecular weight excluding hydrogens is 433 g/mol. The van der Waals surface area contributed by atoms with Crippen LogP contribution in [0.15, 0.2) is 58.3 Å². The molecule has 0 bridgehead atoms. The van der Waals surface area contributed by atoms with E-state index in [2.05, 4.69) is 4.74 Å². The molecule has 0 aliphatic heterocycles. The molecule has 0 aromatic heterocycles. The summed E-state index contributed by atoms with van der Waals surface area (Å²) in [5.41, 5.74) is -0.412. The Morgan fingerprint density at radius 2 is 1.41 bits per heavy atom. The average Bonchev–Trinajstić information content (AvgIpc) is 2.63. The predicted molar refractivity (Wildman–Crippen MR) is 100 cm³/mol. The first-order valence-electron chi connectivity index (χ1n) is 8.38. The molecule has 1 N–H and O–H groups in total. The summed E-state index contributed by atoms with van der Waals surface area (Å²) in [6.45, 7) is 3.83. The Labute approximate surface area is 167 Å². The Bertz CT molecular complexity index is 1050. The van der Waals surface area contributed by atoms with Gasteiger partial charge < -0.3 is 4.74 Å². The minimum atomic E-state index is -5.00. The number of benzene rings is 2. The molecule has 2 aromatic rings. The number of hydrogen-bond donors (Lipinski definition) is 1. The van der Waals surface area contributed by atoms with E-state index in [0.29, 0.717) is 0 Å². The zero-order valence-corrected chi connectivity index (χ0v) is 17.1. The van der Waals surface area contributed by atoms with Gasteiger partial charge in [0, 0.05) is 13.1 Å². The van der Waals surface area contributed by atoms with Crippen LogP contribution in [0.25, 0.3) is 0 Å². The highest BCUT2D eigenvalue weighted by Gasteiger charge is 2.32. The van der Waals surface area contributed by atoms with Crippen molar-refractivity contribution < 1.29 is 34.7 Å². The highest BCUT2D eigenvalue weighted by Crippen LogP contribution is 2.31. The fourth-order valence-corrected chi connectivity index (χ4v) is 5.00. The molecule has 0 radical (unpaired) electrons. The van der Waals surface area contributed by atoms with Gasteiger partial charge in [-0.1, -0.05) is 26.0 Å². The van der Waals surface area contributed by atoms with Gasteiger partial charge in [-0.3, -0.25) is 4.72 Å². The molecule has 0 atom stereocenters. The number of hydrogen-bond acceptors (Lipinski definition) is 5. The maximum atomic E-state index is 12.5. The van der Waals surface area contributed by atoms with Crippen molar-refractivity contribution in [3.05, 3.63) is 48.5 Å². The van der Waals surface area contributed by atoms with E-state index in [1.54, 1.807) is 13.8 Å². The normalized spacial score (nSPS) is 12.8. The van der Waals surface area contributed by atoms with Gasteiger partial charge in [-0.15, -0.1) is 13.2 Å². The maximum Gasteiger partial charge on any atom is 0.573 e. The molecule has 160 valence electrons. The van der Waals surface area contributed by atoms with Crippen LogP contribution in [0.1, 0.15) is 13.8 Å². The Hall–Kier alpha value is -2.31. The number of para-hydroxylation sites is 2. The van der Waals surface area contributed by atoms with Crippen LogP contribution >= 0.6 is 0 Å². The number of rotatable bonds is 8. The largest absolute Gasteiger partial charge is 0.573 e. The number of halogens is 3. The number of nitrogens with one attached hydrogen (secondary N) is 1. The molecule has 0 aliphatic rings. The van der Waals surface area contributed by atoms with Crippen molar-refractivity contribution in [2.75, 3.05) is 17.8 Å². The summed E-state index contributed by atoms with van der Waals surface area (Å²) in [7, 11) is -8.07. The monoisotopic (exact) mass is 452 g/mol. The molecule has 12 heteroatoms. The first kappa shape index (κ1) is 23.0. The third-order valence-corrected chi connectivity index (χ3v) is 7.28. The van der Waals surface area contributed by atoms with E-state index >= 15 is 0 Å². The van der Waals surface area contributed by atoms with E-state index in [4.69, 9.17) is 0 Å². The van der Waals surface area contributed by atoms with Crippen molar-refractivity contribution in [2.45, 2.75) is 30.0 Å². The Balaban J connectivity index is 2.32. The summed E-state index contributed by atoms with van der Waals surface area (Å²) in [5, 5.41) is 0. The molecule has 2 rings (SSSR count). The van der Waals surface area contributed by atoms with Gasteiger partial charge in [-0.25, -0.2) is 16.8 Å². The van der Waals surface area contributed by atoms with E-state index in [1.165, 1.54) is 16.4 Å². The SMILES string of the molecule is CCN(CC)S(=O)(=O)c1ccc(S(=O)(=O)Nc2ccccc2OC(F)(F)F)cc1. The van der Waals surface area contributed by atoms with Crippen molar-refractivity contribution in [1.82, 2.24) is 4.31 Å². The molecule has 7 nitrogen and oxygen atoms in total. The lowest BCUT2D eigenvalue weighted by atomic mass is 10.3. The van der Waals surface area contributed by atoms with Gasteiger partial charge in [0.1, 0.15) is 0 Å². The summed E-state index contributed by atoms with van der Waals surface area (Å²) in [6.07, 6.45) is -5.00. The fourth-order valence-electron chi connectivity index (χ4n) is 2.47. The van der Waals surface area contributed by atoms with Crippen LogP contribution in [0.2, 0.25) is 0 Å². The fraction of sp³-hybridized carbons (Fsp3) is 0.294. The van der Waals surface area contributed by atoms with E-state index < -0.39 is 37.8 Å².